The summed E-state index contributed by atoms with van der Waals surface area (Å²) in [7, 11) is 0. The van der Waals surface area contributed by atoms with Crippen LogP contribution in [0.25, 0.3) is 0 Å². The molecule has 0 radical (unpaired) electrons. The van der Waals surface area contributed by atoms with Crippen molar-refractivity contribution in [2.24, 2.45) is 0 Å². The van der Waals surface area contributed by atoms with Gasteiger partial charge in [0, 0.05) is 0 Å². The van der Waals surface area contributed by atoms with E-state index in [1.165, 1.54) is 11.8 Å². The Bertz CT molecular complexity index is 221. The maximum atomic E-state index is 8.57. The van der Waals surface area contributed by atoms with Crippen molar-refractivity contribution in [3.8, 4) is 12.1 Å². The standard InChI is InChI=1S/C6H6N2S3/c1-6(3-7,4-8)11-5(9)10-2/h1-2H3. The van der Waals surface area contributed by atoms with E-state index < -0.39 is 4.75 Å². The fourth-order valence-electron chi connectivity index (χ4n) is 0.279. The highest BCUT2D eigenvalue weighted by molar-refractivity contribution is 8.47. The Morgan fingerprint density at radius 3 is 2.18 bits per heavy atom. The molecule has 0 aliphatic rings. The molecule has 0 aromatic heterocycles. The second-order valence-electron chi connectivity index (χ2n) is 1.81. The van der Waals surface area contributed by atoms with E-state index >= 15 is 0 Å². The van der Waals surface area contributed by atoms with Crippen molar-refractivity contribution in [2.75, 3.05) is 6.26 Å². The van der Waals surface area contributed by atoms with Crippen LogP contribution in [0.2, 0.25) is 0 Å². The second kappa shape index (κ2) is 4.61. The predicted molar refractivity (Wildman–Crippen MR) is 53.3 cm³/mol. The van der Waals surface area contributed by atoms with Gasteiger partial charge < -0.3 is 0 Å². The van der Waals surface area contributed by atoms with Gasteiger partial charge in [-0.15, -0.1) is 11.8 Å². The number of hydrogen-bond acceptors (Lipinski definition) is 5. The van der Waals surface area contributed by atoms with E-state index in [4.69, 9.17) is 22.7 Å². The lowest BCUT2D eigenvalue weighted by atomic mass is 10.2. The lowest BCUT2D eigenvalue weighted by Crippen LogP contribution is -2.14. The summed E-state index contributed by atoms with van der Waals surface area (Å²) in [6.45, 7) is 1.56. The minimum absolute atomic E-state index is 0.621. The van der Waals surface area contributed by atoms with Gasteiger partial charge in [-0.25, -0.2) is 0 Å². The average molecular weight is 202 g/mol. The van der Waals surface area contributed by atoms with Crippen LogP contribution in [0, 0.1) is 22.7 Å². The van der Waals surface area contributed by atoms with E-state index in [9.17, 15) is 0 Å². The molecular weight excluding hydrogens is 196 g/mol. The fourth-order valence-corrected chi connectivity index (χ4v) is 2.04. The van der Waals surface area contributed by atoms with Crippen LogP contribution < -0.4 is 0 Å². The van der Waals surface area contributed by atoms with Crippen molar-refractivity contribution >= 4 is 39.3 Å². The molecule has 11 heavy (non-hydrogen) atoms. The monoisotopic (exact) mass is 202 g/mol. The minimum atomic E-state index is -1.03. The van der Waals surface area contributed by atoms with Gasteiger partial charge >= 0.3 is 0 Å². The summed E-state index contributed by atoms with van der Waals surface area (Å²) in [4.78, 5) is 0. The molecule has 0 amide bonds. The molecule has 0 saturated heterocycles. The molecule has 0 bridgehead atoms. The van der Waals surface area contributed by atoms with Crippen molar-refractivity contribution in [3.05, 3.63) is 0 Å². The Balaban J connectivity index is 4.26. The van der Waals surface area contributed by atoms with Crippen LogP contribution in [0.4, 0.5) is 0 Å². The van der Waals surface area contributed by atoms with Crippen LogP contribution in [-0.4, -0.2) is 14.5 Å². The van der Waals surface area contributed by atoms with Gasteiger partial charge in [0.25, 0.3) is 0 Å². The van der Waals surface area contributed by atoms with E-state index in [0.29, 0.717) is 3.53 Å². The third-order valence-electron chi connectivity index (χ3n) is 0.881. The Hall–Kier alpha value is -0.230. The topological polar surface area (TPSA) is 47.6 Å². The van der Waals surface area contributed by atoms with Gasteiger partial charge in [0.2, 0.25) is 0 Å². The van der Waals surface area contributed by atoms with Crippen LogP contribution in [0.5, 0.6) is 0 Å². The molecule has 0 aromatic carbocycles. The van der Waals surface area contributed by atoms with Crippen molar-refractivity contribution < 1.29 is 0 Å². The average Bonchev–Trinajstić information content (AvgIpc) is 2.04. The Morgan fingerprint density at radius 2 is 1.91 bits per heavy atom. The second-order valence-corrected chi connectivity index (χ2v) is 5.24. The Kier molecular flexibility index (Phi) is 4.51. The maximum absolute atomic E-state index is 8.57. The molecule has 0 aliphatic carbocycles. The van der Waals surface area contributed by atoms with Crippen LogP contribution in [0.15, 0.2) is 0 Å². The van der Waals surface area contributed by atoms with Crippen LogP contribution in [-0.2, 0) is 0 Å². The summed E-state index contributed by atoms with van der Waals surface area (Å²) in [5.41, 5.74) is 0. The van der Waals surface area contributed by atoms with E-state index in [1.54, 1.807) is 6.92 Å². The van der Waals surface area contributed by atoms with Crippen molar-refractivity contribution in [1.82, 2.24) is 0 Å². The molecule has 0 spiro atoms. The molecule has 0 saturated carbocycles. The molecule has 0 unspecified atom stereocenters. The summed E-state index contributed by atoms with van der Waals surface area (Å²) in [6.07, 6.45) is 1.82. The van der Waals surface area contributed by atoms with Gasteiger partial charge in [0.15, 0.2) is 4.75 Å². The quantitative estimate of drug-likeness (QED) is 0.610. The van der Waals surface area contributed by atoms with Gasteiger partial charge in [0.05, 0.1) is 12.1 Å². The molecule has 0 aliphatic heterocycles. The highest BCUT2D eigenvalue weighted by Crippen LogP contribution is 2.28. The number of hydrogen-bond donors (Lipinski definition) is 0. The van der Waals surface area contributed by atoms with E-state index in [-0.39, 0.29) is 0 Å². The summed E-state index contributed by atoms with van der Waals surface area (Å²) >= 11 is 7.35. The van der Waals surface area contributed by atoms with Crippen LogP contribution >= 0.6 is 35.7 Å². The van der Waals surface area contributed by atoms with Gasteiger partial charge in [0.1, 0.15) is 3.53 Å². The lowest BCUT2D eigenvalue weighted by molar-refractivity contribution is 1.04. The van der Waals surface area contributed by atoms with Crippen molar-refractivity contribution in [2.45, 2.75) is 11.7 Å². The molecule has 0 aromatic rings. The number of nitriles is 2. The third-order valence-corrected chi connectivity index (χ3v) is 3.47. The molecule has 0 fully saturated rings. The smallest absolute Gasteiger partial charge is 0.191 e. The lowest BCUT2D eigenvalue weighted by Gasteiger charge is -2.09. The van der Waals surface area contributed by atoms with E-state index in [2.05, 4.69) is 0 Å². The first-order valence-corrected chi connectivity index (χ1v) is 5.12. The molecule has 58 valence electrons. The minimum Gasteiger partial charge on any atom is -0.196 e. The third kappa shape index (κ3) is 3.62. The number of rotatable bonds is 1. The number of thioether (sulfide) groups is 2. The summed E-state index contributed by atoms with van der Waals surface area (Å²) < 4.78 is -0.407. The Labute approximate surface area is 80.0 Å². The highest BCUT2D eigenvalue weighted by Gasteiger charge is 2.25. The van der Waals surface area contributed by atoms with Crippen LogP contribution in [0.3, 0.4) is 0 Å². The van der Waals surface area contributed by atoms with E-state index in [1.807, 2.05) is 18.4 Å². The first kappa shape index (κ1) is 10.8. The summed E-state index contributed by atoms with van der Waals surface area (Å²) in [5, 5.41) is 17.1. The number of thiocarbonyl (C=S) groups is 1. The Morgan fingerprint density at radius 1 is 1.45 bits per heavy atom. The maximum Gasteiger partial charge on any atom is 0.191 e. The molecule has 0 N–H and O–H groups in total. The molecule has 5 heteroatoms. The molecule has 2 nitrogen and oxygen atoms in total. The van der Waals surface area contributed by atoms with Crippen LogP contribution in [0.1, 0.15) is 6.92 Å². The summed E-state index contributed by atoms with van der Waals surface area (Å²) in [5.74, 6) is 0. The highest BCUT2D eigenvalue weighted by atomic mass is 32.2. The predicted octanol–water partition coefficient (Wildman–Crippen LogP) is 2.17. The van der Waals surface area contributed by atoms with Crippen molar-refractivity contribution in [1.29, 1.82) is 10.5 Å². The molecule has 0 atom stereocenters. The largest absolute Gasteiger partial charge is 0.196 e. The SMILES string of the molecule is CSC(=S)SC(C)(C#N)C#N. The van der Waals surface area contributed by atoms with Crippen molar-refractivity contribution in [3.63, 3.8) is 0 Å². The molecule has 0 heterocycles. The van der Waals surface area contributed by atoms with E-state index in [0.717, 1.165) is 11.8 Å². The first-order valence-electron chi connectivity index (χ1n) is 2.67. The van der Waals surface area contributed by atoms with Gasteiger partial charge in [-0.05, 0) is 13.2 Å². The first-order chi connectivity index (χ1) is 5.08. The zero-order chi connectivity index (χ0) is 8.91. The van der Waals surface area contributed by atoms with Gasteiger partial charge in [-0.2, -0.15) is 10.5 Å². The summed E-state index contributed by atoms with van der Waals surface area (Å²) in [6, 6.07) is 3.79. The molecule has 0 rings (SSSR count). The van der Waals surface area contributed by atoms with Gasteiger partial charge in [-0.1, -0.05) is 24.0 Å². The normalized spacial score (nSPS) is 9.82. The zero-order valence-electron chi connectivity index (χ0n) is 6.12. The molecular formula is C6H6N2S3. The number of nitrogens with zero attached hydrogens (tertiary/aromatic N) is 2. The van der Waals surface area contributed by atoms with Gasteiger partial charge in [-0.3, -0.25) is 0 Å². The fraction of sp³-hybridized carbons (Fsp3) is 0.500. The zero-order valence-corrected chi connectivity index (χ0v) is 8.57.